The zero-order valence-corrected chi connectivity index (χ0v) is 14.7. The molecule has 0 saturated heterocycles. The molecule has 25 heavy (non-hydrogen) atoms. The van der Waals surface area contributed by atoms with E-state index >= 15 is 0 Å². The molecule has 0 fully saturated rings. The minimum Gasteiger partial charge on any atom is -0.497 e. The second kappa shape index (κ2) is 8.39. The maximum atomic E-state index is 12.4. The summed E-state index contributed by atoms with van der Waals surface area (Å²) in [5.41, 5.74) is 1.77. The Bertz CT molecular complexity index is 827. The summed E-state index contributed by atoms with van der Waals surface area (Å²) in [6.45, 7) is 0. The molecule has 0 radical (unpaired) electrons. The summed E-state index contributed by atoms with van der Waals surface area (Å²) in [5.74, 6) is 0.00972. The molecule has 0 heterocycles. The molecule has 0 bridgehead atoms. The summed E-state index contributed by atoms with van der Waals surface area (Å²) in [6, 6.07) is 10.1. The van der Waals surface area contributed by atoms with Crippen LogP contribution in [0.2, 0.25) is 0 Å². The highest BCUT2D eigenvalue weighted by atomic mass is 32.1. The van der Waals surface area contributed by atoms with Crippen LogP contribution in [-0.2, 0) is 11.2 Å². The number of ether oxygens (including phenoxy) is 2. The Morgan fingerprint density at radius 3 is 2.48 bits per heavy atom. The van der Waals surface area contributed by atoms with E-state index in [1.54, 1.807) is 49.6 Å². The number of ketones is 1. The van der Waals surface area contributed by atoms with Crippen molar-refractivity contribution in [1.29, 1.82) is 0 Å². The number of rotatable bonds is 7. The fourth-order valence-electron chi connectivity index (χ4n) is 2.28. The largest absolute Gasteiger partial charge is 0.497 e. The predicted octanol–water partition coefficient (Wildman–Crippen LogP) is 3.52. The predicted molar refractivity (Wildman–Crippen MR) is 97.9 cm³/mol. The van der Waals surface area contributed by atoms with Crippen LogP contribution >= 0.6 is 12.6 Å². The van der Waals surface area contributed by atoms with Crippen LogP contribution in [0.3, 0.4) is 0 Å². The number of carboxylic acid groups (broad SMARTS) is 1. The van der Waals surface area contributed by atoms with Gasteiger partial charge < -0.3 is 14.6 Å². The molecule has 130 valence electrons. The molecule has 0 spiro atoms. The number of allylic oxidation sites excluding steroid dienone is 1. The second-order valence-corrected chi connectivity index (χ2v) is 5.71. The normalized spacial score (nSPS) is 10.7. The Labute approximate surface area is 151 Å². The molecule has 2 aromatic carbocycles. The maximum absolute atomic E-state index is 12.4. The average Bonchev–Trinajstić information content (AvgIpc) is 2.59. The van der Waals surface area contributed by atoms with Gasteiger partial charge in [0.2, 0.25) is 0 Å². The highest BCUT2D eigenvalue weighted by Gasteiger charge is 2.09. The van der Waals surface area contributed by atoms with E-state index in [2.05, 4.69) is 12.6 Å². The SMILES string of the molecule is COc1ccc(C(=O)C=Cc2ccc(CC(=O)O)cc2OC)c(S)c1. The molecule has 0 aromatic heterocycles. The van der Waals surface area contributed by atoms with Gasteiger partial charge in [-0.05, 0) is 42.0 Å². The van der Waals surface area contributed by atoms with Gasteiger partial charge in [0.15, 0.2) is 5.78 Å². The first kappa shape index (κ1) is 18.6. The van der Waals surface area contributed by atoms with Gasteiger partial charge in [0, 0.05) is 16.0 Å². The summed E-state index contributed by atoms with van der Waals surface area (Å²) < 4.78 is 10.4. The highest BCUT2D eigenvalue weighted by molar-refractivity contribution is 7.80. The Morgan fingerprint density at radius 1 is 1.12 bits per heavy atom. The monoisotopic (exact) mass is 358 g/mol. The smallest absolute Gasteiger partial charge is 0.307 e. The molecule has 5 nitrogen and oxygen atoms in total. The van der Waals surface area contributed by atoms with E-state index in [-0.39, 0.29) is 12.2 Å². The van der Waals surface area contributed by atoms with E-state index in [1.165, 1.54) is 13.2 Å². The van der Waals surface area contributed by atoms with E-state index in [0.717, 1.165) is 0 Å². The first-order chi connectivity index (χ1) is 11.9. The van der Waals surface area contributed by atoms with Crippen LogP contribution < -0.4 is 9.47 Å². The lowest BCUT2D eigenvalue weighted by atomic mass is 10.1. The van der Waals surface area contributed by atoms with E-state index in [1.807, 2.05) is 0 Å². The molecule has 2 rings (SSSR count). The van der Waals surface area contributed by atoms with Crippen molar-refractivity contribution in [1.82, 2.24) is 0 Å². The molecule has 6 heteroatoms. The molecule has 2 aromatic rings. The van der Waals surface area contributed by atoms with Crippen molar-refractivity contribution in [2.24, 2.45) is 0 Å². The number of carboxylic acids is 1. The zero-order chi connectivity index (χ0) is 18.4. The molecule has 0 aliphatic rings. The van der Waals surface area contributed by atoms with E-state index in [4.69, 9.17) is 14.6 Å². The number of benzene rings is 2. The van der Waals surface area contributed by atoms with Crippen molar-refractivity contribution in [3.8, 4) is 11.5 Å². The lowest BCUT2D eigenvalue weighted by molar-refractivity contribution is -0.136. The summed E-state index contributed by atoms with van der Waals surface area (Å²) in [7, 11) is 3.04. The average molecular weight is 358 g/mol. The Hall–Kier alpha value is -2.73. The van der Waals surface area contributed by atoms with Gasteiger partial charge in [0.25, 0.3) is 0 Å². The van der Waals surface area contributed by atoms with Crippen LogP contribution in [0.25, 0.3) is 6.08 Å². The van der Waals surface area contributed by atoms with Crippen molar-refractivity contribution in [3.05, 3.63) is 59.2 Å². The first-order valence-corrected chi connectivity index (χ1v) is 7.87. The topological polar surface area (TPSA) is 72.8 Å². The molecule has 0 aliphatic heterocycles. The quantitative estimate of drug-likeness (QED) is 0.450. The molecule has 0 amide bonds. The standard InChI is InChI=1S/C19H18O5S/c1-23-14-6-7-15(18(25)11-14)16(20)8-5-13-4-3-12(10-19(21)22)9-17(13)24-2/h3-9,11,25H,10H2,1-2H3,(H,21,22). The number of aliphatic carboxylic acids is 1. The number of carbonyl (C=O) groups is 2. The molecule has 0 unspecified atom stereocenters. The Kier molecular flexibility index (Phi) is 6.25. The molecule has 1 N–H and O–H groups in total. The third-order valence-corrected chi connectivity index (χ3v) is 3.91. The number of carbonyl (C=O) groups excluding carboxylic acids is 1. The van der Waals surface area contributed by atoms with Crippen LogP contribution in [0.15, 0.2) is 47.4 Å². The fraction of sp³-hybridized carbons (Fsp3) is 0.158. The molecular weight excluding hydrogens is 340 g/mol. The number of thiol groups is 1. The van der Waals surface area contributed by atoms with E-state index < -0.39 is 5.97 Å². The van der Waals surface area contributed by atoms with Gasteiger partial charge in [-0.25, -0.2) is 0 Å². The number of methoxy groups -OCH3 is 2. The van der Waals surface area contributed by atoms with E-state index in [9.17, 15) is 9.59 Å². The summed E-state index contributed by atoms with van der Waals surface area (Å²) in [6.07, 6.45) is 2.97. The molecule has 0 atom stereocenters. The van der Waals surface area contributed by atoms with Crippen LogP contribution in [0.4, 0.5) is 0 Å². The second-order valence-electron chi connectivity index (χ2n) is 5.23. The maximum Gasteiger partial charge on any atom is 0.307 e. The summed E-state index contributed by atoms with van der Waals surface area (Å²) in [4.78, 5) is 23.7. The third kappa shape index (κ3) is 4.87. The fourth-order valence-corrected chi connectivity index (χ4v) is 2.59. The Balaban J connectivity index is 2.23. The molecule has 0 saturated carbocycles. The summed E-state index contributed by atoms with van der Waals surface area (Å²) in [5, 5.41) is 8.85. The van der Waals surface area contributed by atoms with Gasteiger partial charge in [-0.15, -0.1) is 12.6 Å². The van der Waals surface area contributed by atoms with Gasteiger partial charge in [0.05, 0.1) is 20.6 Å². The van der Waals surface area contributed by atoms with Crippen LogP contribution in [0.5, 0.6) is 11.5 Å². The lowest BCUT2D eigenvalue weighted by Crippen LogP contribution is -2.01. The molecular formula is C19H18O5S. The van der Waals surface area contributed by atoms with Crippen molar-refractivity contribution >= 4 is 30.5 Å². The van der Waals surface area contributed by atoms with Crippen molar-refractivity contribution in [2.75, 3.05) is 14.2 Å². The molecule has 0 aliphatic carbocycles. The van der Waals surface area contributed by atoms with Crippen LogP contribution in [0, 0.1) is 0 Å². The van der Waals surface area contributed by atoms with Gasteiger partial charge >= 0.3 is 5.97 Å². The van der Waals surface area contributed by atoms with Crippen molar-refractivity contribution in [2.45, 2.75) is 11.3 Å². The van der Waals surface area contributed by atoms with Gasteiger partial charge in [-0.2, -0.15) is 0 Å². The lowest BCUT2D eigenvalue weighted by Gasteiger charge is -2.07. The zero-order valence-electron chi connectivity index (χ0n) is 13.9. The van der Waals surface area contributed by atoms with Crippen LogP contribution in [0.1, 0.15) is 21.5 Å². The third-order valence-electron chi connectivity index (χ3n) is 3.54. The van der Waals surface area contributed by atoms with Gasteiger partial charge in [-0.1, -0.05) is 12.1 Å². The van der Waals surface area contributed by atoms with Gasteiger partial charge in [0.1, 0.15) is 11.5 Å². The number of hydrogen-bond donors (Lipinski definition) is 2. The number of hydrogen-bond acceptors (Lipinski definition) is 5. The van der Waals surface area contributed by atoms with Crippen molar-refractivity contribution in [3.63, 3.8) is 0 Å². The minimum absolute atomic E-state index is 0.0891. The first-order valence-electron chi connectivity index (χ1n) is 7.42. The minimum atomic E-state index is -0.915. The van der Waals surface area contributed by atoms with E-state index in [0.29, 0.717) is 33.1 Å². The van der Waals surface area contributed by atoms with Gasteiger partial charge in [-0.3, -0.25) is 9.59 Å². The van der Waals surface area contributed by atoms with Crippen molar-refractivity contribution < 1.29 is 24.2 Å². The summed E-state index contributed by atoms with van der Waals surface area (Å²) >= 11 is 4.31. The Morgan fingerprint density at radius 2 is 1.88 bits per heavy atom. The van der Waals surface area contributed by atoms with Crippen LogP contribution in [-0.4, -0.2) is 31.1 Å². The highest BCUT2D eigenvalue weighted by Crippen LogP contribution is 2.24.